The number of amides is 1. The molecule has 2 aromatic carbocycles. The Morgan fingerprint density at radius 3 is 2.31 bits per heavy atom. The molecule has 29 heavy (non-hydrogen) atoms. The number of anilines is 1. The third-order valence-electron chi connectivity index (χ3n) is 5.06. The van der Waals surface area contributed by atoms with Crippen LogP contribution in [0.3, 0.4) is 0 Å². The number of carbonyl (C=O) groups is 1. The lowest BCUT2D eigenvalue weighted by atomic mass is 10.1. The number of ether oxygens (including phenoxy) is 3. The van der Waals surface area contributed by atoms with Gasteiger partial charge in [-0.15, -0.1) is 0 Å². The van der Waals surface area contributed by atoms with E-state index in [4.69, 9.17) is 19.2 Å². The number of methoxy groups -OCH3 is 3. The summed E-state index contributed by atoms with van der Waals surface area (Å²) in [5.74, 6) is 1.97. The van der Waals surface area contributed by atoms with Gasteiger partial charge in [0.15, 0.2) is 5.13 Å². The fourth-order valence-electron chi connectivity index (χ4n) is 3.41. The number of aromatic nitrogens is 1. The van der Waals surface area contributed by atoms with Crippen LogP contribution < -0.4 is 19.1 Å². The highest BCUT2D eigenvalue weighted by Gasteiger charge is 2.26. The first-order valence-corrected chi connectivity index (χ1v) is 10.2. The van der Waals surface area contributed by atoms with E-state index in [-0.39, 0.29) is 5.91 Å². The largest absolute Gasteiger partial charge is 0.497 e. The second-order valence-electron chi connectivity index (χ2n) is 6.68. The number of hydrogen-bond donors (Lipinski definition) is 0. The highest BCUT2D eigenvalue weighted by molar-refractivity contribution is 7.22. The van der Waals surface area contributed by atoms with Crippen LogP contribution in [0.25, 0.3) is 10.2 Å². The van der Waals surface area contributed by atoms with Gasteiger partial charge in [0.2, 0.25) is 0 Å². The van der Waals surface area contributed by atoms with Crippen LogP contribution in [0.4, 0.5) is 5.13 Å². The number of piperazine rings is 1. The van der Waals surface area contributed by atoms with E-state index < -0.39 is 0 Å². The minimum atomic E-state index is -0.0468. The number of benzene rings is 2. The molecular weight excluding hydrogens is 390 g/mol. The fourth-order valence-corrected chi connectivity index (χ4v) is 4.45. The SMILES string of the molecule is COc1ccc(OC)c(C(=O)N2CCN(c3nc4ccc(OC)cc4s3)CC2)c1. The minimum Gasteiger partial charge on any atom is -0.497 e. The first kappa shape index (κ1) is 19.3. The molecule has 0 atom stereocenters. The molecule has 2 heterocycles. The normalized spacial score (nSPS) is 14.2. The molecule has 8 heteroatoms. The van der Waals surface area contributed by atoms with Crippen LogP contribution in [0.2, 0.25) is 0 Å². The lowest BCUT2D eigenvalue weighted by Crippen LogP contribution is -2.48. The Morgan fingerprint density at radius 2 is 1.62 bits per heavy atom. The van der Waals surface area contributed by atoms with E-state index in [1.807, 2.05) is 23.1 Å². The fraction of sp³-hybridized carbons (Fsp3) is 0.333. The maximum Gasteiger partial charge on any atom is 0.257 e. The van der Waals surface area contributed by atoms with Crippen molar-refractivity contribution in [3.8, 4) is 17.2 Å². The summed E-state index contributed by atoms with van der Waals surface area (Å²) in [6.07, 6.45) is 0. The summed E-state index contributed by atoms with van der Waals surface area (Å²) in [4.78, 5) is 21.9. The van der Waals surface area contributed by atoms with Gasteiger partial charge in [0.25, 0.3) is 5.91 Å². The Bertz CT molecular complexity index is 1030. The van der Waals surface area contributed by atoms with Crippen molar-refractivity contribution in [1.82, 2.24) is 9.88 Å². The molecule has 4 rings (SSSR count). The number of rotatable bonds is 5. The Morgan fingerprint density at radius 1 is 0.931 bits per heavy atom. The molecule has 0 aliphatic carbocycles. The molecule has 1 aliphatic heterocycles. The van der Waals surface area contributed by atoms with Crippen molar-refractivity contribution in [3.05, 3.63) is 42.0 Å². The van der Waals surface area contributed by atoms with Crippen molar-refractivity contribution < 1.29 is 19.0 Å². The van der Waals surface area contributed by atoms with Crippen molar-refractivity contribution >= 4 is 32.6 Å². The lowest BCUT2D eigenvalue weighted by molar-refractivity contribution is 0.0743. The summed E-state index contributed by atoms with van der Waals surface area (Å²) >= 11 is 1.65. The van der Waals surface area contributed by atoms with E-state index in [0.717, 1.165) is 34.2 Å². The average molecular weight is 413 g/mol. The quantitative estimate of drug-likeness (QED) is 0.640. The van der Waals surface area contributed by atoms with Crippen molar-refractivity contribution in [2.24, 2.45) is 0 Å². The molecule has 152 valence electrons. The molecule has 1 aromatic heterocycles. The first-order chi connectivity index (χ1) is 14.1. The zero-order valence-electron chi connectivity index (χ0n) is 16.7. The van der Waals surface area contributed by atoms with Gasteiger partial charge in [-0.25, -0.2) is 4.98 Å². The number of thiazole rings is 1. The van der Waals surface area contributed by atoms with Crippen molar-refractivity contribution in [2.45, 2.75) is 0 Å². The molecule has 0 spiro atoms. The van der Waals surface area contributed by atoms with Gasteiger partial charge in [-0.05, 0) is 36.4 Å². The molecule has 3 aromatic rings. The van der Waals surface area contributed by atoms with E-state index in [2.05, 4.69) is 4.90 Å². The smallest absolute Gasteiger partial charge is 0.257 e. The maximum atomic E-state index is 13.0. The number of nitrogens with zero attached hydrogens (tertiary/aromatic N) is 3. The summed E-state index contributed by atoms with van der Waals surface area (Å²) in [5, 5.41) is 0.972. The zero-order chi connectivity index (χ0) is 20.4. The molecule has 0 N–H and O–H groups in total. The van der Waals surface area contributed by atoms with Gasteiger partial charge >= 0.3 is 0 Å². The lowest BCUT2D eigenvalue weighted by Gasteiger charge is -2.34. The second kappa shape index (κ2) is 8.16. The Balaban J connectivity index is 1.47. The van der Waals surface area contributed by atoms with Gasteiger partial charge in [-0.1, -0.05) is 11.3 Å². The highest BCUT2D eigenvalue weighted by Crippen LogP contribution is 2.32. The summed E-state index contributed by atoms with van der Waals surface area (Å²) in [6, 6.07) is 11.2. The molecule has 1 fully saturated rings. The molecule has 0 bridgehead atoms. The molecule has 1 aliphatic rings. The van der Waals surface area contributed by atoms with E-state index in [9.17, 15) is 4.79 Å². The van der Waals surface area contributed by atoms with Crippen molar-refractivity contribution in [3.63, 3.8) is 0 Å². The standard InChI is InChI=1S/C21H23N3O4S/c1-26-14-5-7-18(28-3)16(12-14)20(25)23-8-10-24(11-9-23)21-22-17-6-4-15(27-2)13-19(17)29-21/h4-7,12-13H,8-11H2,1-3H3. The van der Waals surface area contributed by atoms with Crippen molar-refractivity contribution in [2.75, 3.05) is 52.4 Å². The summed E-state index contributed by atoms with van der Waals surface area (Å²) in [6.45, 7) is 2.71. The van der Waals surface area contributed by atoms with Gasteiger partial charge in [-0.3, -0.25) is 4.79 Å². The summed E-state index contributed by atoms with van der Waals surface area (Å²) in [5.41, 5.74) is 1.48. The Kier molecular flexibility index (Phi) is 5.44. The summed E-state index contributed by atoms with van der Waals surface area (Å²) in [7, 11) is 4.82. The number of fused-ring (bicyclic) bond motifs is 1. The maximum absolute atomic E-state index is 13.0. The molecular formula is C21H23N3O4S. The van der Waals surface area contributed by atoms with Crippen LogP contribution in [0.5, 0.6) is 17.2 Å². The topological polar surface area (TPSA) is 64.1 Å². The first-order valence-electron chi connectivity index (χ1n) is 9.33. The van der Waals surface area contributed by atoms with Gasteiger partial charge < -0.3 is 24.0 Å². The zero-order valence-corrected chi connectivity index (χ0v) is 17.5. The second-order valence-corrected chi connectivity index (χ2v) is 7.68. The van der Waals surface area contributed by atoms with Crippen LogP contribution in [0, 0.1) is 0 Å². The molecule has 1 saturated heterocycles. The predicted molar refractivity (Wildman–Crippen MR) is 114 cm³/mol. The Hall–Kier alpha value is -3.00. The molecule has 0 saturated carbocycles. The van der Waals surface area contributed by atoms with E-state index in [0.29, 0.717) is 30.2 Å². The van der Waals surface area contributed by atoms with Gasteiger partial charge in [0.05, 0.1) is 37.1 Å². The molecule has 1 amide bonds. The average Bonchev–Trinajstić information content (AvgIpc) is 3.21. The third kappa shape index (κ3) is 3.80. The number of hydrogen-bond acceptors (Lipinski definition) is 7. The van der Waals surface area contributed by atoms with E-state index >= 15 is 0 Å². The van der Waals surface area contributed by atoms with E-state index in [1.54, 1.807) is 50.9 Å². The van der Waals surface area contributed by atoms with Crippen LogP contribution >= 0.6 is 11.3 Å². The predicted octanol–water partition coefficient (Wildman–Crippen LogP) is 3.28. The van der Waals surface area contributed by atoms with Crippen LogP contribution in [0.15, 0.2) is 36.4 Å². The molecule has 7 nitrogen and oxygen atoms in total. The van der Waals surface area contributed by atoms with Gasteiger partial charge in [0.1, 0.15) is 17.2 Å². The monoisotopic (exact) mass is 413 g/mol. The minimum absolute atomic E-state index is 0.0468. The molecule has 0 radical (unpaired) electrons. The van der Waals surface area contributed by atoms with Crippen molar-refractivity contribution in [1.29, 1.82) is 0 Å². The van der Waals surface area contributed by atoms with Crippen LogP contribution in [-0.2, 0) is 0 Å². The molecule has 0 unspecified atom stereocenters. The van der Waals surface area contributed by atoms with Gasteiger partial charge in [0, 0.05) is 26.2 Å². The van der Waals surface area contributed by atoms with E-state index in [1.165, 1.54) is 0 Å². The Labute approximate surface area is 173 Å². The van der Waals surface area contributed by atoms with Crippen LogP contribution in [-0.4, -0.2) is 63.3 Å². The highest BCUT2D eigenvalue weighted by atomic mass is 32.1. The number of carbonyl (C=O) groups excluding carboxylic acids is 1. The summed E-state index contributed by atoms with van der Waals surface area (Å²) < 4.78 is 17.0. The van der Waals surface area contributed by atoms with Gasteiger partial charge in [-0.2, -0.15) is 0 Å². The van der Waals surface area contributed by atoms with Crippen LogP contribution in [0.1, 0.15) is 10.4 Å². The third-order valence-corrected chi connectivity index (χ3v) is 6.14.